The molecule has 0 unspecified atom stereocenters. The quantitative estimate of drug-likeness (QED) is 0.0322. The Hall–Kier alpha value is -3.55. The number of aliphatic hydroxyl groups excluding tert-OH is 2. The van der Waals surface area contributed by atoms with Crippen LogP contribution in [0.15, 0.2) is 30.3 Å². The van der Waals surface area contributed by atoms with Gasteiger partial charge in [-0.25, -0.2) is 9.59 Å². The molecule has 0 aliphatic heterocycles. The van der Waals surface area contributed by atoms with Crippen molar-refractivity contribution in [3.8, 4) is 0 Å². The van der Waals surface area contributed by atoms with Crippen molar-refractivity contribution in [3.05, 3.63) is 35.9 Å². The molecule has 1 aromatic rings. The summed E-state index contributed by atoms with van der Waals surface area (Å²) in [5.74, 6) is -4.19. The molecule has 332 valence electrons. The Morgan fingerprint density at radius 1 is 0.724 bits per heavy atom. The maximum atomic E-state index is 14.2. The molecule has 0 fully saturated rings. The molecule has 0 saturated carbocycles. The van der Waals surface area contributed by atoms with Crippen LogP contribution in [0.1, 0.15) is 152 Å². The standard InChI is InChI=1S/C45H77N3O10/c1-11-12-13-14-15-16-17-18-19-20-24-27-36(32(5)40(51)31(4)28-49)57-43(54)39(34(7)56-29-35-25-22-21-23-26-35)47-42(53)38(33(6)50)46-41(52)37(30(2)3)48-44(55)58-45(8,9)10/h21-23,25-26,28,30-34,36-40,50-51H,11-20,24,27,29H2,1-10H3,(H,46,52)(H,47,53)(H,48,55)/t31-,32-,33+,34+,36+,37-,38-,39-,40-/m0/s1. The molecule has 0 aromatic heterocycles. The fourth-order valence-corrected chi connectivity index (χ4v) is 6.57. The summed E-state index contributed by atoms with van der Waals surface area (Å²) in [6.45, 7) is 17.1. The molecule has 1 rings (SSSR count). The number of alkyl carbamates (subject to hydrolysis) is 1. The van der Waals surface area contributed by atoms with E-state index in [4.69, 9.17) is 14.2 Å². The van der Waals surface area contributed by atoms with Gasteiger partial charge >= 0.3 is 12.1 Å². The molecule has 5 N–H and O–H groups in total. The molecule has 13 heteroatoms. The van der Waals surface area contributed by atoms with Gasteiger partial charge in [0.15, 0.2) is 6.04 Å². The van der Waals surface area contributed by atoms with Crippen LogP contribution >= 0.6 is 0 Å². The lowest BCUT2D eigenvalue weighted by molar-refractivity contribution is -0.163. The first-order valence-electron chi connectivity index (χ1n) is 21.6. The first-order valence-corrected chi connectivity index (χ1v) is 21.6. The Morgan fingerprint density at radius 2 is 1.24 bits per heavy atom. The number of hydrogen-bond donors (Lipinski definition) is 5. The average molecular weight is 820 g/mol. The number of ether oxygens (including phenoxy) is 3. The highest BCUT2D eigenvalue weighted by Gasteiger charge is 2.38. The number of unbranched alkanes of at least 4 members (excludes halogenated alkanes) is 10. The van der Waals surface area contributed by atoms with Gasteiger partial charge in [0.1, 0.15) is 30.1 Å². The van der Waals surface area contributed by atoms with Crippen molar-refractivity contribution in [1.82, 2.24) is 16.0 Å². The highest BCUT2D eigenvalue weighted by Crippen LogP contribution is 2.24. The zero-order valence-corrected chi connectivity index (χ0v) is 37.1. The highest BCUT2D eigenvalue weighted by atomic mass is 16.6. The largest absolute Gasteiger partial charge is 0.460 e. The minimum absolute atomic E-state index is 0.110. The predicted octanol–water partition coefficient (Wildman–Crippen LogP) is 6.94. The average Bonchev–Trinajstić information content (AvgIpc) is 3.16. The van der Waals surface area contributed by atoms with Gasteiger partial charge in [-0.2, -0.15) is 0 Å². The summed E-state index contributed by atoms with van der Waals surface area (Å²) in [6.07, 6.45) is 8.53. The fourth-order valence-electron chi connectivity index (χ4n) is 6.57. The Morgan fingerprint density at radius 3 is 1.74 bits per heavy atom. The third-order valence-electron chi connectivity index (χ3n) is 10.3. The van der Waals surface area contributed by atoms with Gasteiger partial charge in [-0.3, -0.25) is 9.59 Å². The lowest BCUT2D eigenvalue weighted by Gasteiger charge is -2.33. The number of amides is 3. The predicted molar refractivity (Wildman–Crippen MR) is 226 cm³/mol. The zero-order chi connectivity index (χ0) is 43.8. The van der Waals surface area contributed by atoms with E-state index in [1.54, 1.807) is 55.4 Å². The molecule has 1 aromatic carbocycles. The number of carbonyl (C=O) groups excluding carboxylic acids is 5. The topological polar surface area (TPSA) is 190 Å². The first kappa shape index (κ1) is 52.5. The van der Waals surface area contributed by atoms with Crippen molar-refractivity contribution in [2.45, 2.75) is 201 Å². The summed E-state index contributed by atoms with van der Waals surface area (Å²) in [4.78, 5) is 65.8. The van der Waals surface area contributed by atoms with E-state index in [1.165, 1.54) is 51.9 Å². The molecule has 13 nitrogen and oxygen atoms in total. The summed E-state index contributed by atoms with van der Waals surface area (Å²) in [7, 11) is 0. The van der Waals surface area contributed by atoms with Gasteiger partial charge in [0.2, 0.25) is 11.8 Å². The number of benzene rings is 1. The van der Waals surface area contributed by atoms with Crippen LogP contribution < -0.4 is 16.0 Å². The molecular formula is C45H77N3O10. The van der Waals surface area contributed by atoms with Crippen molar-refractivity contribution in [2.75, 3.05) is 0 Å². The second kappa shape index (κ2) is 28.0. The molecule has 0 aliphatic rings. The lowest BCUT2D eigenvalue weighted by Crippen LogP contribution is -2.61. The van der Waals surface area contributed by atoms with Crippen LogP contribution in [0.25, 0.3) is 0 Å². The van der Waals surface area contributed by atoms with Crippen LogP contribution in [0, 0.1) is 17.8 Å². The molecule has 0 aliphatic carbocycles. The van der Waals surface area contributed by atoms with Gasteiger partial charge in [-0.15, -0.1) is 0 Å². The van der Waals surface area contributed by atoms with E-state index >= 15 is 0 Å². The van der Waals surface area contributed by atoms with Gasteiger partial charge in [0.25, 0.3) is 0 Å². The number of hydrogen-bond acceptors (Lipinski definition) is 10. The van der Waals surface area contributed by atoms with E-state index in [9.17, 15) is 34.2 Å². The molecule has 3 amide bonds. The van der Waals surface area contributed by atoms with E-state index in [-0.39, 0.29) is 6.61 Å². The Bertz CT molecular complexity index is 1340. The smallest absolute Gasteiger partial charge is 0.408 e. The van der Waals surface area contributed by atoms with Gasteiger partial charge in [0.05, 0.1) is 24.9 Å². The van der Waals surface area contributed by atoms with E-state index in [0.717, 1.165) is 31.2 Å². The first-order chi connectivity index (χ1) is 27.3. The van der Waals surface area contributed by atoms with E-state index < -0.39 is 89.8 Å². The van der Waals surface area contributed by atoms with Crippen LogP contribution in [-0.4, -0.2) is 88.5 Å². The summed E-state index contributed by atoms with van der Waals surface area (Å²) < 4.78 is 17.5. The summed E-state index contributed by atoms with van der Waals surface area (Å²) in [5.41, 5.74) is 0.00907. The maximum absolute atomic E-state index is 14.2. The van der Waals surface area contributed by atoms with Crippen molar-refractivity contribution < 1.29 is 48.4 Å². The number of nitrogens with one attached hydrogen (secondary N) is 3. The molecule has 58 heavy (non-hydrogen) atoms. The third kappa shape index (κ3) is 20.9. The maximum Gasteiger partial charge on any atom is 0.408 e. The Labute approximate surface area is 348 Å². The number of aliphatic hydroxyl groups is 2. The van der Waals surface area contributed by atoms with Crippen LogP contribution in [0.4, 0.5) is 4.79 Å². The number of carbonyl (C=O) groups is 5. The Kier molecular flexibility index (Phi) is 25.3. The van der Waals surface area contributed by atoms with E-state index in [2.05, 4.69) is 22.9 Å². The van der Waals surface area contributed by atoms with Crippen molar-refractivity contribution in [3.63, 3.8) is 0 Å². The van der Waals surface area contributed by atoms with E-state index in [0.29, 0.717) is 12.7 Å². The molecule has 0 heterocycles. The van der Waals surface area contributed by atoms with Crippen LogP contribution in [0.2, 0.25) is 0 Å². The van der Waals surface area contributed by atoms with Crippen molar-refractivity contribution in [2.24, 2.45) is 17.8 Å². The van der Waals surface area contributed by atoms with Gasteiger partial charge in [-0.05, 0) is 58.9 Å². The van der Waals surface area contributed by atoms with Crippen LogP contribution in [0.3, 0.4) is 0 Å². The van der Waals surface area contributed by atoms with Crippen molar-refractivity contribution >= 4 is 30.2 Å². The van der Waals surface area contributed by atoms with Gasteiger partial charge in [-0.1, -0.05) is 129 Å². The number of esters is 1. The SMILES string of the molecule is CCCCCCCCCCCCC[C@@H](OC(=O)[C@@H](NC(=O)[C@@H](NC(=O)[C@@H](NC(=O)OC(C)(C)C)C(C)C)[C@@H](C)O)[C@@H](C)OCc1ccccc1)[C@H](C)[C@@H](O)[C@@H](C)C=O. The molecule has 9 atom stereocenters. The normalized spacial score (nSPS) is 16.4. The minimum Gasteiger partial charge on any atom is -0.460 e. The Balaban J connectivity index is 3.25. The second-order valence-corrected chi connectivity index (χ2v) is 17.2. The van der Waals surface area contributed by atoms with Gasteiger partial charge in [0, 0.05) is 11.8 Å². The van der Waals surface area contributed by atoms with Crippen molar-refractivity contribution in [1.29, 1.82) is 0 Å². The minimum atomic E-state index is -1.54. The zero-order valence-electron chi connectivity index (χ0n) is 37.1. The van der Waals surface area contributed by atoms with Gasteiger partial charge < -0.3 is 45.2 Å². The summed E-state index contributed by atoms with van der Waals surface area (Å²) in [5, 5.41) is 29.5. The van der Waals surface area contributed by atoms with E-state index in [1.807, 2.05) is 30.3 Å². The fraction of sp³-hybridized carbons (Fsp3) is 0.756. The van der Waals surface area contributed by atoms with Crippen LogP contribution in [0.5, 0.6) is 0 Å². The summed E-state index contributed by atoms with van der Waals surface area (Å²) >= 11 is 0. The third-order valence-corrected chi connectivity index (χ3v) is 10.3. The lowest BCUT2D eigenvalue weighted by atomic mass is 9.87. The second-order valence-electron chi connectivity index (χ2n) is 17.2. The number of aldehydes is 1. The summed E-state index contributed by atoms with van der Waals surface area (Å²) in [6, 6.07) is 5.22. The van der Waals surface area contributed by atoms with Crippen LogP contribution in [-0.2, 0) is 40.0 Å². The number of rotatable bonds is 29. The monoisotopic (exact) mass is 820 g/mol. The molecular weight excluding hydrogens is 743 g/mol. The molecule has 0 spiro atoms. The molecule has 0 saturated heterocycles. The molecule has 0 bridgehead atoms. The molecule has 0 radical (unpaired) electrons. The highest BCUT2D eigenvalue weighted by molar-refractivity contribution is 5.93.